The molecule has 1 aromatic carbocycles. The number of hydrogen-bond donors (Lipinski definition) is 0. The molecule has 0 aliphatic carbocycles. The molecule has 0 unspecified atom stereocenters. The van der Waals surface area contributed by atoms with Gasteiger partial charge in [-0.25, -0.2) is 13.4 Å². The van der Waals surface area contributed by atoms with Gasteiger partial charge in [-0.2, -0.15) is 0 Å². The van der Waals surface area contributed by atoms with E-state index in [4.69, 9.17) is 4.74 Å². The fourth-order valence-corrected chi connectivity index (χ4v) is 6.35. The molecule has 156 valence electrons. The molecule has 0 spiro atoms. The predicted octanol–water partition coefficient (Wildman–Crippen LogP) is 1.93. The number of likely N-dealkylation sites (tertiary alicyclic amines) is 1. The maximum Gasteiger partial charge on any atom is 0.233 e. The molecule has 29 heavy (non-hydrogen) atoms. The zero-order valence-electron chi connectivity index (χ0n) is 16.7. The number of benzene rings is 1. The van der Waals surface area contributed by atoms with Crippen LogP contribution in [0.1, 0.15) is 31.2 Å². The van der Waals surface area contributed by atoms with Crippen LogP contribution in [0.2, 0.25) is 0 Å². The molecular formula is C21H27N3O4S. The predicted molar refractivity (Wildman–Crippen MR) is 108 cm³/mol. The van der Waals surface area contributed by atoms with Crippen molar-refractivity contribution in [3.63, 3.8) is 0 Å². The normalized spacial score (nSPS) is 20.5. The van der Waals surface area contributed by atoms with Gasteiger partial charge in [-0.1, -0.05) is 30.3 Å². The molecule has 2 fully saturated rings. The van der Waals surface area contributed by atoms with Crippen molar-refractivity contribution in [3.8, 4) is 0 Å². The third-order valence-electron chi connectivity index (χ3n) is 6.28. The van der Waals surface area contributed by atoms with Gasteiger partial charge in [-0.3, -0.25) is 4.79 Å². The first-order chi connectivity index (χ1) is 13.9. The van der Waals surface area contributed by atoms with Crippen LogP contribution in [0.3, 0.4) is 0 Å². The first-order valence-electron chi connectivity index (χ1n) is 10.1. The van der Waals surface area contributed by atoms with Crippen LogP contribution in [-0.2, 0) is 31.8 Å². The topological polar surface area (TPSA) is 81.5 Å². The van der Waals surface area contributed by atoms with Crippen LogP contribution in [0.4, 0.5) is 0 Å². The fourth-order valence-electron chi connectivity index (χ4n) is 4.55. The van der Waals surface area contributed by atoms with Gasteiger partial charge in [0.2, 0.25) is 20.9 Å². The van der Waals surface area contributed by atoms with Crippen LogP contribution < -0.4 is 0 Å². The van der Waals surface area contributed by atoms with Crippen molar-refractivity contribution < 1.29 is 17.9 Å². The lowest BCUT2D eigenvalue weighted by Crippen LogP contribution is -2.53. The third kappa shape index (κ3) is 3.59. The van der Waals surface area contributed by atoms with E-state index in [-0.39, 0.29) is 11.1 Å². The van der Waals surface area contributed by atoms with Crippen molar-refractivity contribution in [2.45, 2.75) is 41.5 Å². The third-order valence-corrected chi connectivity index (χ3v) is 8.53. The Balaban J connectivity index is 1.52. The molecule has 2 aliphatic heterocycles. The highest BCUT2D eigenvalue weighted by Crippen LogP contribution is 2.38. The minimum atomic E-state index is -3.50. The average molecular weight is 418 g/mol. The Morgan fingerprint density at radius 2 is 1.79 bits per heavy atom. The number of piperidine rings is 1. The summed E-state index contributed by atoms with van der Waals surface area (Å²) in [5.74, 6) is 0.0971. The van der Waals surface area contributed by atoms with E-state index in [0.29, 0.717) is 52.0 Å². The van der Waals surface area contributed by atoms with E-state index in [1.54, 1.807) is 17.8 Å². The lowest BCUT2D eigenvalue weighted by molar-refractivity contribution is -0.142. The van der Waals surface area contributed by atoms with E-state index < -0.39 is 20.5 Å². The first kappa shape index (κ1) is 20.1. The molecule has 8 heteroatoms. The van der Waals surface area contributed by atoms with Crippen LogP contribution in [0.25, 0.3) is 0 Å². The summed E-state index contributed by atoms with van der Waals surface area (Å²) in [6.45, 7) is 2.01. The maximum atomic E-state index is 13.6. The van der Waals surface area contributed by atoms with Gasteiger partial charge in [-0.15, -0.1) is 0 Å². The molecule has 7 nitrogen and oxygen atoms in total. The van der Waals surface area contributed by atoms with Crippen LogP contribution in [0.5, 0.6) is 0 Å². The molecule has 2 saturated heterocycles. The van der Waals surface area contributed by atoms with Gasteiger partial charge in [-0.05, 0) is 31.2 Å². The SMILES string of the molecule is Cn1ccnc1S(=O)(=O)C1CCN(C(=O)C2(c3ccccc3)CCOCC2)CC1. The van der Waals surface area contributed by atoms with E-state index in [0.717, 1.165) is 5.56 Å². The number of aryl methyl sites for hydroxylation is 1. The number of ether oxygens (including phenoxy) is 1. The summed E-state index contributed by atoms with van der Waals surface area (Å²) in [4.78, 5) is 19.5. The van der Waals surface area contributed by atoms with Crippen LogP contribution in [0.15, 0.2) is 47.9 Å². The summed E-state index contributed by atoms with van der Waals surface area (Å²) in [6, 6.07) is 9.91. The molecule has 0 N–H and O–H groups in total. The summed E-state index contributed by atoms with van der Waals surface area (Å²) < 4.78 is 32.9. The fraction of sp³-hybridized carbons (Fsp3) is 0.524. The molecule has 2 aromatic rings. The minimum Gasteiger partial charge on any atom is -0.381 e. The van der Waals surface area contributed by atoms with E-state index >= 15 is 0 Å². The number of hydrogen-bond acceptors (Lipinski definition) is 5. The van der Waals surface area contributed by atoms with Gasteiger partial charge in [0.05, 0.1) is 10.7 Å². The molecular weight excluding hydrogens is 390 g/mol. The van der Waals surface area contributed by atoms with E-state index in [1.807, 2.05) is 35.2 Å². The molecule has 4 rings (SSSR count). The van der Waals surface area contributed by atoms with Gasteiger partial charge in [0.1, 0.15) is 0 Å². The Morgan fingerprint density at radius 1 is 1.14 bits per heavy atom. The smallest absolute Gasteiger partial charge is 0.233 e. The largest absolute Gasteiger partial charge is 0.381 e. The Kier molecular flexibility index (Phi) is 5.48. The minimum absolute atomic E-state index is 0.0971. The number of aromatic nitrogens is 2. The number of rotatable bonds is 4. The molecule has 3 heterocycles. The summed E-state index contributed by atoms with van der Waals surface area (Å²) in [6.07, 6.45) is 5.31. The van der Waals surface area contributed by atoms with Crippen molar-refractivity contribution in [1.82, 2.24) is 14.5 Å². The monoisotopic (exact) mass is 417 g/mol. The first-order valence-corrected chi connectivity index (χ1v) is 11.6. The van der Waals surface area contributed by atoms with Crippen molar-refractivity contribution in [3.05, 3.63) is 48.3 Å². The van der Waals surface area contributed by atoms with Gasteiger partial charge >= 0.3 is 0 Å². The molecule has 1 amide bonds. The molecule has 0 atom stereocenters. The van der Waals surface area contributed by atoms with Crippen LogP contribution in [-0.4, -0.2) is 60.3 Å². The van der Waals surface area contributed by atoms with Crippen molar-refractivity contribution >= 4 is 15.7 Å². The number of nitrogens with zero attached hydrogens (tertiary/aromatic N) is 3. The van der Waals surface area contributed by atoms with Crippen molar-refractivity contribution in [2.24, 2.45) is 7.05 Å². The number of sulfone groups is 1. The second-order valence-corrected chi connectivity index (χ2v) is 10.0. The standard InChI is InChI=1S/C21H27N3O4S/c1-23-14-11-22-20(23)29(26,27)18-7-12-24(13-8-18)19(25)21(9-15-28-16-10-21)17-5-3-2-4-6-17/h2-6,11,14,18H,7-10,12-13,15-16H2,1H3. The molecule has 0 saturated carbocycles. The summed E-state index contributed by atoms with van der Waals surface area (Å²) in [5.41, 5.74) is 0.446. The molecule has 0 radical (unpaired) electrons. The van der Waals surface area contributed by atoms with Crippen LogP contribution >= 0.6 is 0 Å². The number of carbonyl (C=O) groups is 1. The Bertz CT molecular complexity index is 957. The summed E-state index contributed by atoms with van der Waals surface area (Å²) >= 11 is 0. The number of carbonyl (C=O) groups excluding carboxylic acids is 1. The van der Waals surface area contributed by atoms with E-state index in [2.05, 4.69) is 4.98 Å². The summed E-state index contributed by atoms with van der Waals surface area (Å²) in [5, 5.41) is -0.400. The van der Waals surface area contributed by atoms with Gasteiger partial charge in [0, 0.05) is 45.7 Å². The number of amides is 1. The van der Waals surface area contributed by atoms with Gasteiger partial charge in [0.25, 0.3) is 0 Å². The molecule has 1 aromatic heterocycles. The highest BCUT2D eigenvalue weighted by atomic mass is 32.2. The second-order valence-electron chi connectivity index (χ2n) is 7.92. The molecule has 0 bridgehead atoms. The lowest BCUT2D eigenvalue weighted by atomic mass is 9.72. The molecule has 2 aliphatic rings. The highest BCUT2D eigenvalue weighted by molar-refractivity contribution is 7.91. The quantitative estimate of drug-likeness (QED) is 0.759. The highest BCUT2D eigenvalue weighted by Gasteiger charge is 2.45. The Hall–Kier alpha value is -2.19. The Labute approximate surface area is 171 Å². The van der Waals surface area contributed by atoms with E-state index in [1.165, 1.54) is 6.20 Å². The maximum absolute atomic E-state index is 13.6. The number of imidazole rings is 1. The van der Waals surface area contributed by atoms with Crippen molar-refractivity contribution in [1.29, 1.82) is 0 Å². The lowest BCUT2D eigenvalue weighted by Gasteiger charge is -2.42. The zero-order chi connectivity index (χ0) is 20.5. The average Bonchev–Trinajstić information content (AvgIpc) is 3.21. The summed E-state index contributed by atoms with van der Waals surface area (Å²) in [7, 11) is -1.81. The van der Waals surface area contributed by atoms with E-state index in [9.17, 15) is 13.2 Å². The second kappa shape index (κ2) is 7.91. The van der Waals surface area contributed by atoms with Crippen LogP contribution in [0, 0.1) is 0 Å². The van der Waals surface area contributed by atoms with Gasteiger partial charge < -0.3 is 14.2 Å². The Morgan fingerprint density at radius 3 is 2.38 bits per heavy atom. The van der Waals surface area contributed by atoms with Gasteiger partial charge in [0.15, 0.2) is 0 Å². The zero-order valence-corrected chi connectivity index (χ0v) is 17.5. The van der Waals surface area contributed by atoms with Crippen molar-refractivity contribution in [2.75, 3.05) is 26.3 Å².